The van der Waals surface area contributed by atoms with Crippen molar-refractivity contribution in [2.24, 2.45) is 12.8 Å². The standard InChI is InChI=1S/C10H12ClN3O4/c1-14-4-5(11)2-7(14)9(16)13-6(10(17)18)3-8(12)15/h2,4,6H,3H2,1H3,(H2,12,15)(H,13,16)(H,17,18)/t6-/m0/s1. The molecule has 7 nitrogen and oxygen atoms in total. The molecule has 0 radical (unpaired) electrons. The second-order valence-corrected chi connectivity index (χ2v) is 4.13. The molecule has 0 fully saturated rings. The van der Waals surface area contributed by atoms with Crippen molar-refractivity contribution in [1.82, 2.24) is 9.88 Å². The Morgan fingerprint density at radius 2 is 2.17 bits per heavy atom. The van der Waals surface area contributed by atoms with Crippen LogP contribution in [0.5, 0.6) is 0 Å². The van der Waals surface area contributed by atoms with E-state index in [0.717, 1.165) is 0 Å². The first-order valence-electron chi connectivity index (χ1n) is 4.95. The molecule has 0 spiro atoms. The Bertz CT molecular complexity index is 497. The van der Waals surface area contributed by atoms with Crippen LogP contribution in [0.2, 0.25) is 5.02 Å². The Labute approximate surface area is 108 Å². The summed E-state index contributed by atoms with van der Waals surface area (Å²) < 4.78 is 1.45. The minimum Gasteiger partial charge on any atom is -0.480 e. The molecule has 98 valence electrons. The van der Waals surface area contributed by atoms with E-state index < -0.39 is 30.2 Å². The highest BCUT2D eigenvalue weighted by atomic mass is 35.5. The fourth-order valence-electron chi connectivity index (χ4n) is 1.38. The number of rotatable bonds is 5. The number of aliphatic carboxylic acids is 1. The Balaban J connectivity index is 2.81. The van der Waals surface area contributed by atoms with Gasteiger partial charge in [-0.3, -0.25) is 9.59 Å². The van der Waals surface area contributed by atoms with Crippen LogP contribution < -0.4 is 11.1 Å². The lowest BCUT2D eigenvalue weighted by atomic mass is 10.2. The maximum atomic E-state index is 11.8. The van der Waals surface area contributed by atoms with Gasteiger partial charge in [0.05, 0.1) is 11.4 Å². The van der Waals surface area contributed by atoms with E-state index in [1.165, 1.54) is 16.8 Å². The first-order chi connectivity index (χ1) is 8.31. The minimum absolute atomic E-state index is 0.190. The highest BCUT2D eigenvalue weighted by Gasteiger charge is 2.23. The molecular weight excluding hydrogens is 262 g/mol. The zero-order valence-electron chi connectivity index (χ0n) is 9.51. The molecule has 0 aliphatic rings. The summed E-state index contributed by atoms with van der Waals surface area (Å²) >= 11 is 5.70. The molecule has 18 heavy (non-hydrogen) atoms. The van der Waals surface area contributed by atoms with Crippen LogP contribution in [0.1, 0.15) is 16.9 Å². The summed E-state index contributed by atoms with van der Waals surface area (Å²) in [5.41, 5.74) is 5.09. The molecule has 0 saturated carbocycles. The number of halogens is 1. The smallest absolute Gasteiger partial charge is 0.326 e. The maximum absolute atomic E-state index is 11.8. The van der Waals surface area contributed by atoms with Gasteiger partial charge in [0.2, 0.25) is 5.91 Å². The van der Waals surface area contributed by atoms with Crippen LogP contribution in [0, 0.1) is 0 Å². The number of hydrogen-bond donors (Lipinski definition) is 3. The number of primary amides is 1. The molecule has 1 heterocycles. The van der Waals surface area contributed by atoms with Crippen molar-refractivity contribution < 1.29 is 19.5 Å². The average Bonchev–Trinajstić information content (AvgIpc) is 2.56. The van der Waals surface area contributed by atoms with E-state index in [9.17, 15) is 14.4 Å². The second-order valence-electron chi connectivity index (χ2n) is 3.69. The Kier molecular flexibility index (Phi) is 4.33. The normalized spacial score (nSPS) is 11.9. The number of carboxylic acids is 1. The van der Waals surface area contributed by atoms with E-state index in [1.54, 1.807) is 7.05 Å². The number of amides is 2. The van der Waals surface area contributed by atoms with Crippen molar-refractivity contribution in [3.8, 4) is 0 Å². The van der Waals surface area contributed by atoms with Gasteiger partial charge in [0.15, 0.2) is 0 Å². The summed E-state index contributed by atoms with van der Waals surface area (Å²) in [7, 11) is 1.59. The Hall–Kier alpha value is -2.02. The molecule has 4 N–H and O–H groups in total. The van der Waals surface area contributed by atoms with Crippen molar-refractivity contribution in [3.05, 3.63) is 23.0 Å². The number of aryl methyl sites for hydroxylation is 1. The molecule has 1 atom stereocenters. The van der Waals surface area contributed by atoms with Gasteiger partial charge in [-0.15, -0.1) is 0 Å². The summed E-state index contributed by atoms with van der Waals surface area (Å²) in [6.45, 7) is 0. The van der Waals surface area contributed by atoms with E-state index in [4.69, 9.17) is 22.4 Å². The number of hydrogen-bond acceptors (Lipinski definition) is 3. The van der Waals surface area contributed by atoms with Gasteiger partial charge < -0.3 is 20.7 Å². The van der Waals surface area contributed by atoms with Gasteiger partial charge >= 0.3 is 5.97 Å². The monoisotopic (exact) mass is 273 g/mol. The topological polar surface area (TPSA) is 114 Å². The van der Waals surface area contributed by atoms with E-state index in [2.05, 4.69) is 5.32 Å². The molecule has 0 bridgehead atoms. The number of nitrogens with two attached hydrogens (primary N) is 1. The van der Waals surface area contributed by atoms with Gasteiger partial charge in [0.25, 0.3) is 5.91 Å². The van der Waals surface area contributed by atoms with Gasteiger partial charge in [-0.2, -0.15) is 0 Å². The summed E-state index contributed by atoms with van der Waals surface area (Å²) in [6, 6.07) is 0.0312. The fraction of sp³-hybridized carbons (Fsp3) is 0.300. The van der Waals surface area contributed by atoms with Crippen LogP contribution in [-0.4, -0.2) is 33.5 Å². The maximum Gasteiger partial charge on any atom is 0.326 e. The van der Waals surface area contributed by atoms with Crippen LogP contribution >= 0.6 is 11.6 Å². The first kappa shape index (κ1) is 14.0. The van der Waals surface area contributed by atoms with E-state index in [0.29, 0.717) is 5.02 Å². The molecule has 0 unspecified atom stereocenters. The van der Waals surface area contributed by atoms with Crippen LogP contribution in [0.15, 0.2) is 12.3 Å². The lowest BCUT2D eigenvalue weighted by molar-refractivity contribution is -0.140. The number of nitrogens with zero attached hydrogens (tertiary/aromatic N) is 1. The fourth-order valence-corrected chi connectivity index (χ4v) is 1.63. The van der Waals surface area contributed by atoms with Crippen LogP contribution in [-0.2, 0) is 16.6 Å². The third-order valence-electron chi connectivity index (χ3n) is 2.21. The van der Waals surface area contributed by atoms with Gasteiger partial charge in [-0.1, -0.05) is 11.6 Å². The van der Waals surface area contributed by atoms with Gasteiger partial charge in [-0.25, -0.2) is 4.79 Å². The molecule has 8 heteroatoms. The summed E-state index contributed by atoms with van der Waals surface area (Å²) in [6.07, 6.45) is 1.03. The highest BCUT2D eigenvalue weighted by molar-refractivity contribution is 6.31. The molecule has 0 aliphatic heterocycles. The predicted molar refractivity (Wildman–Crippen MR) is 63.1 cm³/mol. The Morgan fingerprint density at radius 3 is 2.56 bits per heavy atom. The Morgan fingerprint density at radius 1 is 1.56 bits per heavy atom. The third-order valence-corrected chi connectivity index (χ3v) is 2.42. The molecule has 1 aromatic heterocycles. The summed E-state index contributed by atoms with van der Waals surface area (Å²) in [5.74, 6) is -2.78. The number of carboxylic acid groups (broad SMARTS) is 1. The SMILES string of the molecule is Cn1cc(Cl)cc1C(=O)N[C@@H](CC(N)=O)C(=O)O. The molecule has 0 aliphatic carbocycles. The van der Waals surface area contributed by atoms with Crippen LogP contribution in [0.25, 0.3) is 0 Å². The molecule has 1 aromatic rings. The molecular formula is C10H12ClN3O4. The van der Waals surface area contributed by atoms with Crippen molar-refractivity contribution in [2.45, 2.75) is 12.5 Å². The molecule has 1 rings (SSSR count). The summed E-state index contributed by atoms with van der Waals surface area (Å²) in [5, 5.41) is 11.4. The molecule has 0 aromatic carbocycles. The lowest BCUT2D eigenvalue weighted by Crippen LogP contribution is -2.43. The minimum atomic E-state index is -1.36. The van der Waals surface area contributed by atoms with Crippen LogP contribution in [0.3, 0.4) is 0 Å². The van der Waals surface area contributed by atoms with Crippen molar-refractivity contribution in [1.29, 1.82) is 0 Å². The molecule has 0 saturated heterocycles. The van der Waals surface area contributed by atoms with Gasteiger partial charge in [0.1, 0.15) is 11.7 Å². The number of carbonyl (C=O) groups is 3. The lowest BCUT2D eigenvalue weighted by Gasteiger charge is -2.12. The van der Waals surface area contributed by atoms with E-state index in [1.807, 2.05) is 0 Å². The van der Waals surface area contributed by atoms with Gasteiger partial charge in [0, 0.05) is 13.2 Å². The number of aromatic nitrogens is 1. The van der Waals surface area contributed by atoms with Crippen molar-refractivity contribution in [3.63, 3.8) is 0 Å². The predicted octanol–water partition coefficient (Wildman–Crippen LogP) is -0.263. The number of carbonyl (C=O) groups excluding carboxylic acids is 2. The zero-order chi connectivity index (χ0) is 13.9. The van der Waals surface area contributed by atoms with Gasteiger partial charge in [-0.05, 0) is 6.07 Å². The van der Waals surface area contributed by atoms with E-state index in [-0.39, 0.29) is 5.69 Å². The average molecular weight is 274 g/mol. The highest BCUT2D eigenvalue weighted by Crippen LogP contribution is 2.12. The van der Waals surface area contributed by atoms with E-state index >= 15 is 0 Å². The second kappa shape index (κ2) is 5.54. The number of nitrogens with one attached hydrogen (secondary N) is 1. The molecule has 2 amide bonds. The van der Waals surface area contributed by atoms with Crippen molar-refractivity contribution in [2.75, 3.05) is 0 Å². The first-order valence-corrected chi connectivity index (χ1v) is 5.33. The summed E-state index contributed by atoms with van der Waals surface area (Å²) in [4.78, 5) is 33.3. The zero-order valence-corrected chi connectivity index (χ0v) is 10.3. The van der Waals surface area contributed by atoms with Crippen LogP contribution in [0.4, 0.5) is 0 Å². The quantitative estimate of drug-likeness (QED) is 0.685. The van der Waals surface area contributed by atoms with Crippen molar-refractivity contribution >= 4 is 29.4 Å². The largest absolute Gasteiger partial charge is 0.480 e. The third kappa shape index (κ3) is 3.49.